The van der Waals surface area contributed by atoms with Crippen molar-refractivity contribution in [2.45, 2.75) is 35.5 Å². The van der Waals surface area contributed by atoms with Gasteiger partial charge >= 0.3 is 0 Å². The van der Waals surface area contributed by atoms with Crippen LogP contribution in [0.4, 0.5) is 0 Å². The van der Waals surface area contributed by atoms with E-state index in [9.17, 15) is 0 Å². The summed E-state index contributed by atoms with van der Waals surface area (Å²) in [5.74, 6) is 7.69. The Labute approximate surface area is 160 Å². The number of thiol groups is 4. The molecule has 0 aliphatic heterocycles. The van der Waals surface area contributed by atoms with E-state index in [0.29, 0.717) is 15.7 Å². The van der Waals surface area contributed by atoms with Crippen molar-refractivity contribution in [1.82, 2.24) is 0 Å². The van der Waals surface area contributed by atoms with Crippen LogP contribution in [0, 0.1) is 0 Å². The van der Waals surface area contributed by atoms with Gasteiger partial charge in [0.2, 0.25) is 0 Å². The molecule has 0 aromatic rings. The first-order valence-corrected chi connectivity index (χ1v) is 12.6. The largest absolute Gasteiger partial charge is 0.178 e. The van der Waals surface area contributed by atoms with Crippen LogP contribution in [0.2, 0.25) is 0 Å². The summed E-state index contributed by atoms with van der Waals surface area (Å²) in [5, 5.41) is 1.58. The van der Waals surface area contributed by atoms with Crippen LogP contribution in [0.1, 0.15) is 19.8 Å². The summed E-state index contributed by atoms with van der Waals surface area (Å²) in [4.78, 5) is 0. The van der Waals surface area contributed by atoms with Crippen LogP contribution in [0.3, 0.4) is 0 Å². The van der Waals surface area contributed by atoms with Crippen LogP contribution in [-0.2, 0) is 0 Å². The topological polar surface area (TPSA) is 0 Å². The minimum absolute atomic E-state index is 0.399. The van der Waals surface area contributed by atoms with Gasteiger partial charge in [-0.25, -0.2) is 0 Å². The van der Waals surface area contributed by atoms with Gasteiger partial charge in [-0.3, -0.25) is 0 Å². The predicted octanol–water partition coefficient (Wildman–Crippen LogP) is 4.81. The number of hydrogen-bond donors (Lipinski definition) is 4. The summed E-state index contributed by atoms with van der Waals surface area (Å²) in [6, 6.07) is 0. The molecule has 0 fully saturated rings. The van der Waals surface area contributed by atoms with Crippen LogP contribution in [0.25, 0.3) is 0 Å². The van der Waals surface area contributed by atoms with Crippen molar-refractivity contribution in [3.8, 4) is 0 Å². The lowest BCUT2D eigenvalue weighted by Gasteiger charge is -2.16. The fourth-order valence-corrected chi connectivity index (χ4v) is 6.22. The molecule has 0 aliphatic rings. The van der Waals surface area contributed by atoms with E-state index in [1.807, 2.05) is 35.3 Å². The van der Waals surface area contributed by atoms with Gasteiger partial charge in [-0.15, -0.1) is 0 Å². The Balaban J connectivity index is 3.54. The van der Waals surface area contributed by atoms with Crippen molar-refractivity contribution in [2.24, 2.45) is 0 Å². The Bertz CT molecular complexity index is 203. The Morgan fingerprint density at radius 3 is 2.05 bits per heavy atom. The molecule has 0 nitrogen and oxygen atoms in total. The molecule has 0 saturated heterocycles. The molecule has 0 spiro atoms. The fraction of sp³-hybridized carbons (Fsp3) is 1.00. The van der Waals surface area contributed by atoms with Gasteiger partial charge in [-0.2, -0.15) is 85.8 Å². The maximum atomic E-state index is 4.65. The van der Waals surface area contributed by atoms with E-state index in [4.69, 9.17) is 0 Å². The van der Waals surface area contributed by atoms with Crippen LogP contribution in [0.15, 0.2) is 0 Å². The first-order chi connectivity index (χ1) is 9.63. The molecule has 0 aromatic heterocycles. The van der Waals surface area contributed by atoms with E-state index in [0.717, 1.165) is 23.0 Å². The smallest absolute Gasteiger partial charge is 0.0198 e. The molecule has 122 valence electrons. The lowest BCUT2D eigenvalue weighted by Crippen LogP contribution is -2.13. The minimum Gasteiger partial charge on any atom is -0.178 e. The molecule has 0 bridgehead atoms. The quantitative estimate of drug-likeness (QED) is 0.241. The van der Waals surface area contributed by atoms with Gasteiger partial charge in [-0.1, -0.05) is 6.92 Å². The highest BCUT2D eigenvalue weighted by molar-refractivity contribution is 8.02. The van der Waals surface area contributed by atoms with Gasteiger partial charge in [0, 0.05) is 44.5 Å². The second-order valence-corrected chi connectivity index (χ2v) is 10.4. The minimum atomic E-state index is 0.399. The van der Waals surface area contributed by atoms with E-state index in [1.54, 1.807) is 0 Å². The molecule has 0 amide bonds. The normalized spacial score (nSPS) is 16.1. The third-order valence-electron chi connectivity index (χ3n) is 2.49. The second kappa shape index (κ2) is 16.3. The summed E-state index contributed by atoms with van der Waals surface area (Å²) in [6.07, 6.45) is 2.49. The third kappa shape index (κ3) is 14.1. The van der Waals surface area contributed by atoms with Gasteiger partial charge in [0.1, 0.15) is 0 Å². The molecule has 3 unspecified atom stereocenters. The summed E-state index contributed by atoms with van der Waals surface area (Å²) in [5.41, 5.74) is 0. The van der Waals surface area contributed by atoms with Crippen molar-refractivity contribution in [2.75, 3.05) is 40.3 Å². The Morgan fingerprint density at radius 1 is 0.850 bits per heavy atom. The molecule has 20 heavy (non-hydrogen) atoms. The maximum Gasteiger partial charge on any atom is 0.0198 e. The molecule has 0 radical (unpaired) electrons. The van der Waals surface area contributed by atoms with Gasteiger partial charge in [0.15, 0.2) is 0 Å². The monoisotopic (exact) mass is 408 g/mol. The maximum absolute atomic E-state index is 4.65. The van der Waals surface area contributed by atoms with Crippen LogP contribution >= 0.6 is 85.8 Å². The Morgan fingerprint density at radius 2 is 1.50 bits per heavy atom. The molecule has 3 atom stereocenters. The molecule has 0 saturated carbocycles. The van der Waals surface area contributed by atoms with E-state index >= 15 is 0 Å². The first kappa shape index (κ1) is 22.4. The molecular formula is C13H28S7. The molecule has 0 heterocycles. The van der Waals surface area contributed by atoms with Crippen molar-refractivity contribution in [3.05, 3.63) is 0 Å². The molecule has 0 aromatic carbocycles. The fourth-order valence-electron chi connectivity index (χ4n) is 1.37. The van der Waals surface area contributed by atoms with Crippen molar-refractivity contribution in [3.63, 3.8) is 0 Å². The zero-order chi connectivity index (χ0) is 15.2. The van der Waals surface area contributed by atoms with E-state index < -0.39 is 0 Å². The second-order valence-electron chi connectivity index (χ2n) is 4.57. The van der Waals surface area contributed by atoms with E-state index in [-0.39, 0.29) is 0 Å². The van der Waals surface area contributed by atoms with Gasteiger partial charge in [0.05, 0.1) is 0 Å². The summed E-state index contributed by atoms with van der Waals surface area (Å²) >= 11 is 23.9. The van der Waals surface area contributed by atoms with Crippen LogP contribution in [-0.4, -0.2) is 56.0 Å². The van der Waals surface area contributed by atoms with E-state index in [2.05, 4.69) is 57.4 Å². The van der Waals surface area contributed by atoms with Crippen molar-refractivity contribution < 1.29 is 0 Å². The average Bonchev–Trinajstić information content (AvgIpc) is 2.46. The molecule has 7 heteroatoms. The highest BCUT2D eigenvalue weighted by Crippen LogP contribution is 2.22. The standard InChI is InChI=1S/C13H28S7/c1-2-4-18-8-12(17)9-19-5-3-13(7-15)20-10-11(16)6-14/h11-17H,2-10H2,1H3. The number of thioether (sulfide) groups is 3. The highest BCUT2D eigenvalue weighted by Gasteiger charge is 2.10. The lowest BCUT2D eigenvalue weighted by atomic mass is 10.4. The molecule has 0 aliphatic carbocycles. The molecule has 0 rings (SSSR count). The third-order valence-corrected chi connectivity index (χ3v) is 9.35. The first-order valence-electron chi connectivity index (χ1n) is 6.98. The SMILES string of the molecule is CCCSCC(S)CSCCC(CS)SCC(S)CS. The van der Waals surface area contributed by atoms with Gasteiger partial charge < -0.3 is 0 Å². The number of hydrogen-bond acceptors (Lipinski definition) is 7. The predicted molar refractivity (Wildman–Crippen MR) is 119 cm³/mol. The summed E-state index contributed by atoms with van der Waals surface area (Å²) in [6.45, 7) is 2.23. The van der Waals surface area contributed by atoms with Crippen molar-refractivity contribution >= 4 is 85.8 Å². The van der Waals surface area contributed by atoms with Crippen LogP contribution < -0.4 is 0 Å². The Hall–Kier alpha value is 2.45. The summed E-state index contributed by atoms with van der Waals surface area (Å²) in [7, 11) is 0. The highest BCUT2D eigenvalue weighted by atomic mass is 32.2. The zero-order valence-corrected chi connectivity index (χ0v) is 18.1. The van der Waals surface area contributed by atoms with Crippen LogP contribution in [0.5, 0.6) is 0 Å². The summed E-state index contributed by atoms with van der Waals surface area (Å²) < 4.78 is 0. The van der Waals surface area contributed by atoms with Crippen molar-refractivity contribution in [1.29, 1.82) is 0 Å². The molecule has 0 N–H and O–H groups in total. The van der Waals surface area contributed by atoms with Gasteiger partial charge in [-0.05, 0) is 24.3 Å². The molecular weight excluding hydrogens is 381 g/mol. The Kier molecular flexibility index (Phi) is 18.3. The number of rotatable bonds is 14. The average molecular weight is 409 g/mol. The zero-order valence-electron chi connectivity index (χ0n) is 12.1. The lowest BCUT2D eigenvalue weighted by molar-refractivity contribution is 0.926. The van der Waals surface area contributed by atoms with Gasteiger partial charge in [0.25, 0.3) is 0 Å². The van der Waals surface area contributed by atoms with E-state index in [1.165, 1.54) is 30.1 Å².